The van der Waals surface area contributed by atoms with Crippen molar-refractivity contribution in [1.29, 1.82) is 0 Å². The van der Waals surface area contributed by atoms with Crippen molar-refractivity contribution in [3.63, 3.8) is 0 Å². The normalized spacial score (nSPS) is 11.9. The second-order valence-electron chi connectivity index (χ2n) is 6.34. The summed E-state index contributed by atoms with van der Waals surface area (Å²) in [7, 11) is 0. The van der Waals surface area contributed by atoms with E-state index in [-0.39, 0.29) is 11.9 Å². The Morgan fingerprint density at radius 1 is 1.11 bits per heavy atom. The van der Waals surface area contributed by atoms with E-state index in [4.69, 9.17) is 4.52 Å². The van der Waals surface area contributed by atoms with Gasteiger partial charge < -0.3 is 9.84 Å². The third-order valence-electron chi connectivity index (χ3n) is 4.00. The summed E-state index contributed by atoms with van der Waals surface area (Å²) in [6.45, 7) is 1.94. The van der Waals surface area contributed by atoms with Crippen LogP contribution >= 0.6 is 11.8 Å². The van der Waals surface area contributed by atoms with Crippen molar-refractivity contribution in [2.24, 2.45) is 0 Å². The third-order valence-corrected chi connectivity index (χ3v) is 4.96. The Labute approximate surface area is 163 Å². The van der Waals surface area contributed by atoms with E-state index >= 15 is 0 Å². The maximum Gasteiger partial charge on any atom is 0.230 e. The van der Waals surface area contributed by atoms with Crippen LogP contribution in [0.1, 0.15) is 18.4 Å². The Balaban J connectivity index is 1.38. The van der Waals surface area contributed by atoms with Gasteiger partial charge in [0.1, 0.15) is 0 Å². The Hall–Kier alpha value is -2.60. The number of hydrogen-bond acceptors (Lipinski definition) is 5. The lowest BCUT2D eigenvalue weighted by atomic mass is 10.2. The molecule has 1 heterocycles. The van der Waals surface area contributed by atoms with Gasteiger partial charge >= 0.3 is 0 Å². The molecule has 0 fully saturated rings. The minimum Gasteiger partial charge on any atom is -0.352 e. The maximum absolute atomic E-state index is 12.1. The van der Waals surface area contributed by atoms with Gasteiger partial charge in [0.2, 0.25) is 17.6 Å². The van der Waals surface area contributed by atoms with E-state index in [1.807, 2.05) is 55.5 Å². The molecule has 6 heteroatoms. The van der Waals surface area contributed by atoms with Crippen molar-refractivity contribution >= 4 is 17.7 Å². The van der Waals surface area contributed by atoms with Crippen molar-refractivity contribution in [2.75, 3.05) is 11.5 Å². The number of hydrogen-bond donors (Lipinski definition) is 1. The summed E-state index contributed by atoms with van der Waals surface area (Å²) in [5.74, 6) is 2.51. The van der Waals surface area contributed by atoms with E-state index in [1.165, 1.54) is 5.56 Å². The standard InChI is InChI=1S/C21H23N3O2S/c1-16(14-20-23-21(24-26-20)18-10-6-3-7-11-18)22-19(25)15-27-13-12-17-8-4-2-5-9-17/h2-11,16H,12-15H2,1H3,(H,22,25). The van der Waals surface area contributed by atoms with Gasteiger partial charge in [0, 0.05) is 18.0 Å². The lowest BCUT2D eigenvalue weighted by molar-refractivity contribution is -0.119. The zero-order valence-corrected chi connectivity index (χ0v) is 16.1. The second kappa shape index (κ2) is 9.92. The molecule has 0 spiro atoms. The smallest absolute Gasteiger partial charge is 0.230 e. The van der Waals surface area contributed by atoms with Gasteiger partial charge in [-0.25, -0.2) is 0 Å². The largest absolute Gasteiger partial charge is 0.352 e. The van der Waals surface area contributed by atoms with Gasteiger partial charge in [-0.1, -0.05) is 65.8 Å². The van der Waals surface area contributed by atoms with Gasteiger partial charge in [-0.05, 0) is 24.7 Å². The lowest BCUT2D eigenvalue weighted by Gasteiger charge is -2.11. The quantitative estimate of drug-likeness (QED) is 0.572. The van der Waals surface area contributed by atoms with Crippen molar-refractivity contribution in [2.45, 2.75) is 25.8 Å². The molecule has 0 saturated carbocycles. The Morgan fingerprint density at radius 3 is 2.56 bits per heavy atom. The van der Waals surface area contributed by atoms with Crippen LogP contribution in [0.15, 0.2) is 65.2 Å². The summed E-state index contributed by atoms with van der Waals surface area (Å²) < 4.78 is 5.30. The molecule has 0 saturated heterocycles. The van der Waals surface area contributed by atoms with Crippen LogP contribution in [-0.2, 0) is 17.6 Å². The Morgan fingerprint density at radius 2 is 1.81 bits per heavy atom. The van der Waals surface area contributed by atoms with E-state index in [0.29, 0.717) is 23.9 Å². The van der Waals surface area contributed by atoms with Gasteiger partial charge in [0.15, 0.2) is 0 Å². The van der Waals surface area contributed by atoms with Crippen LogP contribution in [0.25, 0.3) is 11.4 Å². The van der Waals surface area contributed by atoms with Crippen molar-refractivity contribution < 1.29 is 9.32 Å². The predicted octanol–water partition coefficient (Wildman–Crippen LogP) is 3.76. The third kappa shape index (κ3) is 6.25. The second-order valence-corrected chi connectivity index (χ2v) is 7.44. The number of benzene rings is 2. The average Bonchev–Trinajstić information content (AvgIpc) is 3.15. The van der Waals surface area contributed by atoms with Gasteiger partial charge in [-0.2, -0.15) is 16.7 Å². The number of rotatable bonds is 9. The van der Waals surface area contributed by atoms with Crippen molar-refractivity contribution in [1.82, 2.24) is 15.5 Å². The van der Waals surface area contributed by atoms with E-state index in [0.717, 1.165) is 17.7 Å². The summed E-state index contributed by atoms with van der Waals surface area (Å²) in [4.78, 5) is 16.5. The molecule has 0 aliphatic heterocycles. The molecule has 1 aromatic heterocycles. The molecule has 5 nitrogen and oxygen atoms in total. The van der Waals surface area contributed by atoms with E-state index in [1.54, 1.807) is 11.8 Å². The van der Waals surface area contributed by atoms with Gasteiger partial charge in [-0.3, -0.25) is 4.79 Å². The summed E-state index contributed by atoms with van der Waals surface area (Å²) in [5.41, 5.74) is 2.21. The van der Waals surface area contributed by atoms with E-state index < -0.39 is 0 Å². The molecule has 1 amide bonds. The first-order valence-corrected chi connectivity index (χ1v) is 10.1. The summed E-state index contributed by atoms with van der Waals surface area (Å²) in [6, 6.07) is 19.9. The minimum atomic E-state index is -0.0590. The average molecular weight is 382 g/mol. The molecule has 0 radical (unpaired) electrons. The molecular weight excluding hydrogens is 358 g/mol. The van der Waals surface area contributed by atoms with Gasteiger partial charge in [0.05, 0.1) is 5.75 Å². The molecule has 0 bridgehead atoms. The summed E-state index contributed by atoms with van der Waals surface area (Å²) in [5, 5.41) is 6.99. The highest BCUT2D eigenvalue weighted by atomic mass is 32.2. The number of aromatic nitrogens is 2. The first-order chi connectivity index (χ1) is 13.2. The number of nitrogens with zero attached hydrogens (tertiary/aromatic N) is 2. The Bertz CT molecular complexity index is 837. The molecule has 2 aromatic carbocycles. The van der Waals surface area contributed by atoms with Crippen LogP contribution in [0, 0.1) is 0 Å². The zero-order chi connectivity index (χ0) is 18.9. The van der Waals surface area contributed by atoms with Crippen LogP contribution in [0.4, 0.5) is 0 Å². The number of aryl methyl sites for hydroxylation is 1. The first kappa shape index (κ1) is 19.2. The van der Waals surface area contributed by atoms with Gasteiger partial charge in [0.25, 0.3) is 0 Å². The highest BCUT2D eigenvalue weighted by Crippen LogP contribution is 2.15. The molecular formula is C21H23N3O2S. The highest BCUT2D eigenvalue weighted by molar-refractivity contribution is 7.99. The van der Waals surface area contributed by atoms with Gasteiger partial charge in [-0.15, -0.1) is 0 Å². The molecule has 140 valence electrons. The predicted molar refractivity (Wildman–Crippen MR) is 109 cm³/mol. The number of thioether (sulfide) groups is 1. The number of carbonyl (C=O) groups excluding carboxylic acids is 1. The van der Waals surface area contributed by atoms with Crippen LogP contribution in [0.5, 0.6) is 0 Å². The Kier molecular flexibility index (Phi) is 7.04. The summed E-state index contributed by atoms with van der Waals surface area (Å²) in [6.07, 6.45) is 1.48. The van der Waals surface area contributed by atoms with Crippen LogP contribution in [0.2, 0.25) is 0 Å². The van der Waals surface area contributed by atoms with Crippen LogP contribution in [-0.4, -0.2) is 33.6 Å². The van der Waals surface area contributed by atoms with Crippen LogP contribution < -0.4 is 5.32 Å². The zero-order valence-electron chi connectivity index (χ0n) is 15.3. The fourth-order valence-corrected chi connectivity index (χ4v) is 3.46. The molecule has 0 aliphatic rings. The monoisotopic (exact) mass is 381 g/mol. The van der Waals surface area contributed by atoms with Crippen molar-refractivity contribution in [3.8, 4) is 11.4 Å². The van der Waals surface area contributed by atoms with Crippen LogP contribution in [0.3, 0.4) is 0 Å². The number of amides is 1. The fraction of sp³-hybridized carbons (Fsp3) is 0.286. The van der Waals surface area contributed by atoms with E-state index in [9.17, 15) is 4.79 Å². The molecule has 1 atom stereocenters. The lowest BCUT2D eigenvalue weighted by Crippen LogP contribution is -2.35. The fourth-order valence-electron chi connectivity index (χ4n) is 2.67. The SMILES string of the molecule is CC(Cc1nc(-c2ccccc2)no1)NC(=O)CSCCc1ccccc1. The maximum atomic E-state index is 12.1. The van der Waals surface area contributed by atoms with Crippen molar-refractivity contribution in [3.05, 3.63) is 72.1 Å². The molecule has 27 heavy (non-hydrogen) atoms. The molecule has 0 aliphatic carbocycles. The summed E-state index contributed by atoms with van der Waals surface area (Å²) >= 11 is 1.64. The number of carbonyl (C=O) groups is 1. The van der Waals surface area contributed by atoms with E-state index in [2.05, 4.69) is 27.6 Å². The number of nitrogens with one attached hydrogen (secondary N) is 1. The molecule has 1 N–H and O–H groups in total. The highest BCUT2D eigenvalue weighted by Gasteiger charge is 2.14. The first-order valence-electron chi connectivity index (χ1n) is 9.00. The topological polar surface area (TPSA) is 68.0 Å². The molecule has 1 unspecified atom stereocenters. The minimum absolute atomic E-state index is 0.0309. The molecule has 3 rings (SSSR count). The molecule has 3 aromatic rings.